The maximum absolute atomic E-state index is 4.70. The van der Waals surface area contributed by atoms with Crippen LogP contribution in [-0.4, -0.2) is 39.4 Å². The van der Waals surface area contributed by atoms with E-state index < -0.39 is 0 Å². The molecule has 1 unspecified atom stereocenters. The Labute approximate surface area is 128 Å². The van der Waals surface area contributed by atoms with Crippen LogP contribution in [0.3, 0.4) is 0 Å². The monoisotopic (exact) mass is 290 g/mol. The number of aryl methyl sites for hydroxylation is 2. The minimum Gasteiger partial charge on any atom is -0.311 e. The summed E-state index contributed by atoms with van der Waals surface area (Å²) in [5.41, 5.74) is 2.82. The fourth-order valence-corrected chi connectivity index (χ4v) is 3.42. The summed E-state index contributed by atoms with van der Waals surface area (Å²) in [6.07, 6.45) is 3.85. The van der Waals surface area contributed by atoms with Crippen molar-refractivity contribution in [3.8, 4) is 0 Å². The highest BCUT2D eigenvalue weighted by Gasteiger charge is 2.40. The Morgan fingerprint density at radius 3 is 2.71 bits per heavy atom. The fraction of sp³-hybridized carbons (Fsp3) is 0.824. The molecule has 0 spiro atoms. The van der Waals surface area contributed by atoms with Crippen LogP contribution in [0.4, 0.5) is 0 Å². The first-order valence-corrected chi connectivity index (χ1v) is 8.57. The number of nitrogens with one attached hydrogen (secondary N) is 1. The standard InChI is InChI=1S/C17H30N4/c1-5-14-9-15(21(6-2)19-14)10-20-11-16(13-7-8-13)18-12-17(20,3)4/h9,13,16,18H,5-8,10-12H2,1-4H3. The number of piperazine rings is 1. The van der Waals surface area contributed by atoms with Gasteiger partial charge in [-0.05, 0) is 52.0 Å². The number of aromatic nitrogens is 2. The van der Waals surface area contributed by atoms with Crippen LogP contribution in [0.1, 0.15) is 51.9 Å². The summed E-state index contributed by atoms with van der Waals surface area (Å²) in [5, 5.41) is 8.47. The summed E-state index contributed by atoms with van der Waals surface area (Å²) >= 11 is 0. The molecule has 1 aliphatic carbocycles. The van der Waals surface area contributed by atoms with Crippen LogP contribution in [0.5, 0.6) is 0 Å². The van der Waals surface area contributed by atoms with Gasteiger partial charge in [-0.15, -0.1) is 0 Å². The predicted octanol–water partition coefficient (Wildman–Crippen LogP) is 2.43. The van der Waals surface area contributed by atoms with E-state index in [1.54, 1.807) is 0 Å². The molecule has 0 amide bonds. The second-order valence-electron chi connectivity index (χ2n) is 7.31. The molecule has 1 saturated heterocycles. The lowest BCUT2D eigenvalue weighted by Gasteiger charge is -2.46. The fourth-order valence-electron chi connectivity index (χ4n) is 3.42. The molecule has 3 rings (SSSR count). The van der Waals surface area contributed by atoms with Gasteiger partial charge in [0.2, 0.25) is 0 Å². The highest BCUT2D eigenvalue weighted by molar-refractivity contribution is 5.12. The average molecular weight is 290 g/mol. The number of hydrogen-bond acceptors (Lipinski definition) is 3. The van der Waals surface area contributed by atoms with Crippen LogP contribution >= 0.6 is 0 Å². The second kappa shape index (κ2) is 5.73. The van der Waals surface area contributed by atoms with Gasteiger partial charge in [-0.2, -0.15) is 5.10 Å². The van der Waals surface area contributed by atoms with E-state index in [1.165, 1.54) is 30.8 Å². The molecule has 0 bridgehead atoms. The molecule has 1 atom stereocenters. The lowest BCUT2D eigenvalue weighted by molar-refractivity contribution is 0.0510. The molecular formula is C17H30N4. The van der Waals surface area contributed by atoms with Gasteiger partial charge in [-0.1, -0.05) is 6.92 Å². The maximum Gasteiger partial charge on any atom is 0.0625 e. The lowest BCUT2D eigenvalue weighted by atomic mass is 9.95. The van der Waals surface area contributed by atoms with E-state index in [-0.39, 0.29) is 5.54 Å². The van der Waals surface area contributed by atoms with Gasteiger partial charge >= 0.3 is 0 Å². The van der Waals surface area contributed by atoms with E-state index in [0.717, 1.165) is 32.0 Å². The van der Waals surface area contributed by atoms with Crippen LogP contribution in [0.2, 0.25) is 0 Å². The Hall–Kier alpha value is -0.870. The van der Waals surface area contributed by atoms with Crippen molar-refractivity contribution in [3.63, 3.8) is 0 Å². The molecule has 4 heteroatoms. The molecule has 118 valence electrons. The van der Waals surface area contributed by atoms with Crippen molar-refractivity contribution in [3.05, 3.63) is 17.5 Å². The number of rotatable bonds is 5. The minimum absolute atomic E-state index is 0.223. The topological polar surface area (TPSA) is 33.1 Å². The normalized spacial score (nSPS) is 26.2. The van der Waals surface area contributed by atoms with E-state index in [1.807, 2.05) is 0 Å². The lowest BCUT2D eigenvalue weighted by Crippen LogP contribution is -2.62. The molecule has 21 heavy (non-hydrogen) atoms. The first-order chi connectivity index (χ1) is 10.0. The van der Waals surface area contributed by atoms with Crippen LogP contribution in [0, 0.1) is 5.92 Å². The smallest absolute Gasteiger partial charge is 0.0625 e. The average Bonchev–Trinajstić information content (AvgIpc) is 3.22. The summed E-state index contributed by atoms with van der Waals surface area (Å²) in [6, 6.07) is 3.00. The van der Waals surface area contributed by atoms with Crippen LogP contribution < -0.4 is 5.32 Å². The van der Waals surface area contributed by atoms with Gasteiger partial charge in [0, 0.05) is 37.8 Å². The Balaban J connectivity index is 1.75. The molecule has 2 fully saturated rings. The maximum atomic E-state index is 4.70. The van der Waals surface area contributed by atoms with Crippen LogP contribution in [0.15, 0.2) is 6.07 Å². The van der Waals surface area contributed by atoms with E-state index in [0.29, 0.717) is 6.04 Å². The Morgan fingerprint density at radius 2 is 2.10 bits per heavy atom. The zero-order chi connectivity index (χ0) is 15.0. The third-order valence-corrected chi connectivity index (χ3v) is 5.19. The number of nitrogens with zero attached hydrogens (tertiary/aromatic N) is 3. The third kappa shape index (κ3) is 3.16. The summed E-state index contributed by atoms with van der Waals surface area (Å²) in [5.74, 6) is 0.922. The van der Waals surface area contributed by atoms with Gasteiger partial charge < -0.3 is 5.32 Å². The molecule has 1 aliphatic heterocycles. The predicted molar refractivity (Wildman–Crippen MR) is 86.3 cm³/mol. The molecule has 0 aromatic carbocycles. The minimum atomic E-state index is 0.223. The Kier molecular flexibility index (Phi) is 4.10. The molecule has 1 N–H and O–H groups in total. The summed E-state index contributed by atoms with van der Waals surface area (Å²) in [4.78, 5) is 2.66. The largest absolute Gasteiger partial charge is 0.311 e. The molecule has 2 heterocycles. The Morgan fingerprint density at radius 1 is 1.33 bits per heavy atom. The van der Waals surface area contributed by atoms with E-state index in [9.17, 15) is 0 Å². The van der Waals surface area contributed by atoms with Crippen molar-refractivity contribution >= 4 is 0 Å². The van der Waals surface area contributed by atoms with Crippen molar-refractivity contribution in [2.24, 2.45) is 5.92 Å². The van der Waals surface area contributed by atoms with E-state index in [4.69, 9.17) is 5.10 Å². The zero-order valence-electron chi connectivity index (χ0n) is 14.0. The van der Waals surface area contributed by atoms with Crippen molar-refractivity contribution in [1.82, 2.24) is 20.0 Å². The van der Waals surface area contributed by atoms with Crippen molar-refractivity contribution < 1.29 is 0 Å². The molecule has 1 aromatic heterocycles. The summed E-state index contributed by atoms with van der Waals surface area (Å²) < 4.78 is 2.18. The molecule has 1 saturated carbocycles. The van der Waals surface area contributed by atoms with Crippen LogP contribution in [0.25, 0.3) is 0 Å². The highest BCUT2D eigenvalue weighted by Crippen LogP contribution is 2.36. The Bertz CT molecular complexity index is 487. The zero-order valence-corrected chi connectivity index (χ0v) is 14.0. The van der Waals surface area contributed by atoms with Gasteiger partial charge in [0.15, 0.2) is 0 Å². The first-order valence-electron chi connectivity index (χ1n) is 8.57. The number of hydrogen-bond donors (Lipinski definition) is 1. The molecule has 0 radical (unpaired) electrons. The van der Waals surface area contributed by atoms with Crippen LogP contribution in [-0.2, 0) is 19.5 Å². The van der Waals surface area contributed by atoms with E-state index >= 15 is 0 Å². The van der Waals surface area contributed by atoms with Crippen molar-refractivity contribution in [2.45, 2.75) is 71.6 Å². The van der Waals surface area contributed by atoms with Gasteiger partial charge in [-0.3, -0.25) is 9.58 Å². The van der Waals surface area contributed by atoms with Gasteiger partial charge in [0.25, 0.3) is 0 Å². The van der Waals surface area contributed by atoms with Gasteiger partial charge in [0.1, 0.15) is 0 Å². The third-order valence-electron chi connectivity index (χ3n) is 5.19. The second-order valence-corrected chi connectivity index (χ2v) is 7.31. The summed E-state index contributed by atoms with van der Waals surface area (Å²) in [7, 11) is 0. The summed E-state index contributed by atoms with van der Waals surface area (Å²) in [6.45, 7) is 13.3. The van der Waals surface area contributed by atoms with Crippen molar-refractivity contribution in [2.75, 3.05) is 13.1 Å². The molecule has 4 nitrogen and oxygen atoms in total. The highest BCUT2D eigenvalue weighted by atomic mass is 15.3. The van der Waals surface area contributed by atoms with Gasteiger partial charge in [-0.25, -0.2) is 0 Å². The quantitative estimate of drug-likeness (QED) is 0.904. The van der Waals surface area contributed by atoms with E-state index in [2.05, 4.69) is 48.7 Å². The molecule has 1 aromatic rings. The molecule has 2 aliphatic rings. The molecular weight excluding hydrogens is 260 g/mol. The van der Waals surface area contributed by atoms with Crippen molar-refractivity contribution in [1.29, 1.82) is 0 Å². The first kappa shape index (κ1) is 15.0. The SMILES string of the molecule is CCc1cc(CN2CC(C3CC3)NCC2(C)C)n(CC)n1. The van der Waals surface area contributed by atoms with Gasteiger partial charge in [0.05, 0.1) is 11.4 Å².